The average molecular weight is 320 g/mol. The lowest BCUT2D eigenvalue weighted by atomic mass is 10.2. The number of nitrogens with one attached hydrogen (secondary N) is 1. The number of benzene rings is 1. The van der Waals surface area contributed by atoms with Crippen LogP contribution in [0.3, 0.4) is 0 Å². The molecule has 22 heavy (non-hydrogen) atoms. The van der Waals surface area contributed by atoms with Crippen LogP contribution in [0.2, 0.25) is 0 Å². The zero-order chi connectivity index (χ0) is 16.9. The summed E-state index contributed by atoms with van der Waals surface area (Å²) in [5, 5.41) is 13.0. The van der Waals surface area contributed by atoms with Gasteiger partial charge < -0.3 is 15.1 Å². The molecule has 0 spiro atoms. The maximum Gasteiger partial charge on any atom is 0.405 e. The third-order valence-corrected chi connectivity index (χ3v) is 2.96. The van der Waals surface area contributed by atoms with E-state index in [1.54, 1.807) is 11.9 Å². The lowest BCUT2D eigenvalue weighted by Gasteiger charge is -2.24. The molecule has 1 rings (SSSR count). The smallest absolute Gasteiger partial charge is 0.375 e. The fourth-order valence-electron chi connectivity index (χ4n) is 1.78. The van der Waals surface area contributed by atoms with Gasteiger partial charge in [0.1, 0.15) is 6.54 Å². The Labute approximate surface area is 126 Å². The molecule has 6 nitrogen and oxygen atoms in total. The van der Waals surface area contributed by atoms with Crippen LogP contribution in [0.25, 0.3) is 0 Å². The number of anilines is 2. The molecule has 124 valence electrons. The summed E-state index contributed by atoms with van der Waals surface area (Å²) in [6.07, 6.45) is -4.40. The third-order valence-electron chi connectivity index (χ3n) is 2.96. The highest BCUT2D eigenvalue weighted by Crippen LogP contribution is 2.30. The largest absolute Gasteiger partial charge is 0.405 e. The number of hydrogen-bond donors (Lipinski definition) is 1. The van der Waals surface area contributed by atoms with E-state index in [-0.39, 0.29) is 11.4 Å². The van der Waals surface area contributed by atoms with Gasteiger partial charge in [-0.15, -0.1) is 0 Å². The second kappa shape index (κ2) is 7.30. The maximum absolute atomic E-state index is 12.4. The summed E-state index contributed by atoms with van der Waals surface area (Å²) in [4.78, 5) is 13.8. The first-order valence-corrected chi connectivity index (χ1v) is 6.55. The molecule has 0 saturated carbocycles. The van der Waals surface area contributed by atoms with Gasteiger partial charge in [-0.1, -0.05) is 0 Å². The zero-order valence-electron chi connectivity index (χ0n) is 12.6. The van der Waals surface area contributed by atoms with Gasteiger partial charge in [0.25, 0.3) is 5.69 Å². The highest BCUT2D eigenvalue weighted by atomic mass is 19.4. The molecule has 0 aliphatic heterocycles. The van der Waals surface area contributed by atoms with Gasteiger partial charge in [0.05, 0.1) is 16.3 Å². The number of non-ortho nitro benzene ring substituents is 1. The van der Waals surface area contributed by atoms with Gasteiger partial charge in [0.15, 0.2) is 0 Å². The molecule has 0 saturated heterocycles. The van der Waals surface area contributed by atoms with Crippen molar-refractivity contribution in [2.24, 2.45) is 0 Å². The summed E-state index contributed by atoms with van der Waals surface area (Å²) in [6, 6.07) is 3.85. The standard InChI is InChI=1S/C13H19F3N4O2/c1-18(2)6-7-19(3)12-5-4-10(20(21)22)8-11(12)17-9-13(14,15)16/h4-5,8,17H,6-7,9H2,1-3H3. The van der Waals surface area contributed by atoms with Crippen LogP contribution < -0.4 is 10.2 Å². The lowest BCUT2D eigenvalue weighted by molar-refractivity contribution is -0.384. The molecule has 1 aromatic carbocycles. The van der Waals surface area contributed by atoms with Gasteiger partial charge in [-0.25, -0.2) is 0 Å². The summed E-state index contributed by atoms with van der Waals surface area (Å²) in [5.41, 5.74) is 0.318. The quantitative estimate of drug-likeness (QED) is 0.618. The van der Waals surface area contributed by atoms with Crippen molar-refractivity contribution in [2.45, 2.75) is 6.18 Å². The van der Waals surface area contributed by atoms with Crippen LogP contribution in [0, 0.1) is 10.1 Å². The van der Waals surface area contributed by atoms with E-state index in [4.69, 9.17) is 0 Å². The number of hydrogen-bond acceptors (Lipinski definition) is 5. The zero-order valence-corrected chi connectivity index (χ0v) is 12.6. The Bertz CT molecular complexity index is 520. The van der Waals surface area contributed by atoms with Crippen LogP contribution in [0.1, 0.15) is 0 Å². The monoisotopic (exact) mass is 320 g/mol. The topological polar surface area (TPSA) is 61.7 Å². The van der Waals surface area contributed by atoms with Crippen LogP contribution >= 0.6 is 0 Å². The molecular formula is C13H19F3N4O2. The van der Waals surface area contributed by atoms with Gasteiger partial charge in [0, 0.05) is 32.3 Å². The second-order valence-corrected chi connectivity index (χ2v) is 5.15. The Morgan fingerprint density at radius 2 is 1.86 bits per heavy atom. The Morgan fingerprint density at radius 3 is 2.36 bits per heavy atom. The molecule has 0 unspecified atom stereocenters. The molecule has 0 aliphatic carbocycles. The van der Waals surface area contributed by atoms with Crippen LogP contribution in [0.5, 0.6) is 0 Å². The Balaban J connectivity index is 3.00. The van der Waals surface area contributed by atoms with E-state index in [1.165, 1.54) is 12.1 Å². The first kappa shape index (κ1) is 18.0. The summed E-state index contributed by atoms with van der Waals surface area (Å²) < 4.78 is 37.1. The normalized spacial score (nSPS) is 11.6. The van der Waals surface area contributed by atoms with Crippen molar-refractivity contribution in [3.8, 4) is 0 Å². The van der Waals surface area contributed by atoms with Gasteiger partial charge in [-0.3, -0.25) is 10.1 Å². The molecule has 0 atom stereocenters. The van der Waals surface area contributed by atoms with Crippen molar-refractivity contribution in [1.82, 2.24) is 4.90 Å². The summed E-state index contributed by atoms with van der Waals surface area (Å²) in [7, 11) is 5.49. The van der Waals surface area contributed by atoms with Crippen molar-refractivity contribution in [3.05, 3.63) is 28.3 Å². The molecule has 0 fully saturated rings. The molecule has 1 N–H and O–H groups in total. The van der Waals surface area contributed by atoms with Crippen LogP contribution in [0.4, 0.5) is 30.2 Å². The van der Waals surface area contributed by atoms with Crippen LogP contribution in [-0.2, 0) is 0 Å². The van der Waals surface area contributed by atoms with Crippen molar-refractivity contribution in [1.29, 1.82) is 0 Å². The molecule has 0 amide bonds. The van der Waals surface area contributed by atoms with E-state index < -0.39 is 17.6 Å². The Morgan fingerprint density at radius 1 is 1.23 bits per heavy atom. The molecule has 0 heterocycles. The fourth-order valence-corrected chi connectivity index (χ4v) is 1.78. The van der Waals surface area contributed by atoms with Crippen LogP contribution in [-0.4, -0.2) is 56.8 Å². The third kappa shape index (κ3) is 5.76. The molecule has 0 aromatic heterocycles. The number of nitro benzene ring substituents is 1. The van der Waals surface area contributed by atoms with Gasteiger partial charge in [0.2, 0.25) is 0 Å². The van der Waals surface area contributed by atoms with Gasteiger partial charge in [-0.05, 0) is 20.2 Å². The van der Waals surface area contributed by atoms with E-state index in [9.17, 15) is 23.3 Å². The number of nitro groups is 1. The SMILES string of the molecule is CN(C)CCN(C)c1ccc([N+](=O)[O-])cc1NCC(F)(F)F. The minimum absolute atomic E-state index is 0.0905. The van der Waals surface area contributed by atoms with Gasteiger partial charge in [-0.2, -0.15) is 13.2 Å². The van der Waals surface area contributed by atoms with E-state index in [0.717, 1.165) is 6.07 Å². The first-order valence-electron chi connectivity index (χ1n) is 6.55. The highest BCUT2D eigenvalue weighted by Gasteiger charge is 2.27. The molecule has 1 aromatic rings. The molecule has 0 bridgehead atoms. The fraction of sp³-hybridized carbons (Fsp3) is 0.538. The second-order valence-electron chi connectivity index (χ2n) is 5.15. The van der Waals surface area contributed by atoms with Crippen LogP contribution in [0.15, 0.2) is 18.2 Å². The van der Waals surface area contributed by atoms with E-state index in [1.807, 2.05) is 19.0 Å². The lowest BCUT2D eigenvalue weighted by Crippen LogP contribution is -2.29. The number of halogens is 3. The van der Waals surface area contributed by atoms with E-state index >= 15 is 0 Å². The predicted octanol–water partition coefficient (Wildman–Crippen LogP) is 2.57. The van der Waals surface area contributed by atoms with Gasteiger partial charge >= 0.3 is 6.18 Å². The Hall–Kier alpha value is -2.03. The van der Waals surface area contributed by atoms with E-state index in [0.29, 0.717) is 18.8 Å². The summed E-state index contributed by atoms with van der Waals surface area (Å²) >= 11 is 0. The van der Waals surface area contributed by atoms with E-state index in [2.05, 4.69) is 5.32 Å². The van der Waals surface area contributed by atoms with Crippen molar-refractivity contribution in [3.63, 3.8) is 0 Å². The molecule has 0 aliphatic rings. The first-order chi connectivity index (χ1) is 10.1. The maximum atomic E-state index is 12.4. The summed E-state index contributed by atoms with van der Waals surface area (Å²) in [6.45, 7) is 0.0282. The minimum Gasteiger partial charge on any atom is -0.375 e. The number of alkyl halides is 3. The summed E-state index contributed by atoms with van der Waals surface area (Å²) in [5.74, 6) is 0. The number of nitrogens with zero attached hydrogens (tertiary/aromatic N) is 3. The Kier molecular flexibility index (Phi) is 5.98. The van der Waals surface area contributed by atoms with Crippen molar-refractivity contribution >= 4 is 17.1 Å². The molecule has 0 radical (unpaired) electrons. The highest BCUT2D eigenvalue weighted by molar-refractivity contribution is 5.73. The number of rotatable bonds is 7. The van der Waals surface area contributed by atoms with Crippen molar-refractivity contribution in [2.75, 3.05) is 51.0 Å². The number of likely N-dealkylation sites (N-methyl/N-ethyl adjacent to an activating group) is 2. The molecular weight excluding hydrogens is 301 g/mol. The predicted molar refractivity (Wildman–Crippen MR) is 79.5 cm³/mol. The molecule has 9 heteroatoms. The average Bonchev–Trinajstić information content (AvgIpc) is 2.41. The van der Waals surface area contributed by atoms with Crippen molar-refractivity contribution < 1.29 is 18.1 Å². The minimum atomic E-state index is -4.40.